The Balaban J connectivity index is 1.34. The Hall–Kier alpha value is -3.65. The Morgan fingerprint density at radius 3 is 2.42 bits per heavy atom. The van der Waals surface area contributed by atoms with Gasteiger partial charge in [0.05, 0.1) is 31.8 Å². The monoisotopic (exact) mass is 531 g/mol. The van der Waals surface area contributed by atoms with Crippen molar-refractivity contribution in [2.75, 3.05) is 0 Å². The molecule has 0 radical (unpaired) electrons. The van der Waals surface area contributed by atoms with E-state index in [0.717, 1.165) is 49.5 Å². The number of alkyl halides is 2. The molecule has 0 amide bonds. The van der Waals surface area contributed by atoms with Gasteiger partial charge in [0.1, 0.15) is 5.82 Å². The van der Waals surface area contributed by atoms with Crippen molar-refractivity contribution >= 4 is 38.6 Å². The predicted octanol–water partition coefficient (Wildman–Crippen LogP) is 7.95. The van der Waals surface area contributed by atoms with E-state index in [0.29, 0.717) is 17.0 Å². The molecule has 0 atom stereocenters. The fourth-order valence-corrected chi connectivity index (χ4v) is 6.82. The molecule has 1 aliphatic rings. The topological polar surface area (TPSA) is 68.0 Å². The van der Waals surface area contributed by atoms with Crippen molar-refractivity contribution in [3.63, 3.8) is 0 Å². The molecule has 0 spiro atoms. The number of halogens is 2. The molecular weight excluding hydrogens is 504 g/mol. The van der Waals surface area contributed by atoms with Crippen molar-refractivity contribution in [1.29, 1.82) is 0 Å². The molecular formula is C30H27F2N3O2S. The summed E-state index contributed by atoms with van der Waals surface area (Å²) in [6, 6.07) is 19.7. The van der Waals surface area contributed by atoms with E-state index in [1.165, 1.54) is 15.8 Å². The van der Waals surface area contributed by atoms with Crippen LogP contribution in [-0.2, 0) is 12.5 Å². The van der Waals surface area contributed by atoms with Crippen LogP contribution in [0.25, 0.3) is 21.3 Å². The number of imidazole rings is 1. The molecule has 194 valence electrons. The standard InChI is InChI=1S/C30H27F2N3O2S/c1-30(31,32)22-7-3-2-6-21(22)17-35-25-15-14-20(29(36)37)16-24(25)33-27(35)18-10-12-19(13-11-18)28-34-23-8-4-5-9-26(23)38-28/h2-9,14-16,18-19H,10-13,17H2,1H3,(H,36,37). The first-order chi connectivity index (χ1) is 18.3. The van der Waals surface area contributed by atoms with Gasteiger partial charge < -0.3 is 9.67 Å². The second kappa shape index (κ2) is 9.58. The Kier molecular flexibility index (Phi) is 6.22. The molecule has 38 heavy (non-hydrogen) atoms. The lowest BCUT2D eigenvalue weighted by Gasteiger charge is -2.28. The average molecular weight is 532 g/mol. The number of aromatic nitrogens is 3. The molecule has 5 aromatic rings. The summed E-state index contributed by atoms with van der Waals surface area (Å²) in [6.45, 7) is 1.16. The van der Waals surface area contributed by atoms with Crippen LogP contribution in [-0.4, -0.2) is 25.6 Å². The third-order valence-electron chi connectivity index (χ3n) is 7.60. The lowest BCUT2D eigenvalue weighted by molar-refractivity contribution is 0.0164. The number of benzene rings is 3. The number of carboxylic acids is 1. The number of hydrogen-bond donors (Lipinski definition) is 1. The zero-order valence-corrected chi connectivity index (χ0v) is 21.7. The number of para-hydroxylation sites is 1. The Morgan fingerprint density at radius 1 is 0.974 bits per heavy atom. The fraction of sp³-hybridized carbons (Fsp3) is 0.300. The highest BCUT2D eigenvalue weighted by Crippen LogP contribution is 2.43. The van der Waals surface area contributed by atoms with Crippen LogP contribution >= 0.6 is 11.3 Å². The predicted molar refractivity (Wildman–Crippen MR) is 145 cm³/mol. The molecule has 1 N–H and O–H groups in total. The normalized spacial score (nSPS) is 18.3. The van der Waals surface area contributed by atoms with Gasteiger partial charge in [0.25, 0.3) is 5.92 Å². The maximum Gasteiger partial charge on any atom is 0.335 e. The van der Waals surface area contributed by atoms with Gasteiger partial charge in [0.15, 0.2) is 0 Å². The second-order valence-electron chi connectivity index (χ2n) is 10.2. The third kappa shape index (κ3) is 4.58. The summed E-state index contributed by atoms with van der Waals surface area (Å²) < 4.78 is 32.1. The molecule has 0 aliphatic heterocycles. The number of nitrogens with zero attached hydrogens (tertiary/aromatic N) is 3. The largest absolute Gasteiger partial charge is 0.478 e. The van der Waals surface area contributed by atoms with Gasteiger partial charge in [-0.1, -0.05) is 36.4 Å². The van der Waals surface area contributed by atoms with Crippen LogP contribution < -0.4 is 0 Å². The molecule has 2 aromatic heterocycles. The quantitative estimate of drug-likeness (QED) is 0.241. The average Bonchev–Trinajstić information content (AvgIpc) is 3.50. The minimum Gasteiger partial charge on any atom is -0.478 e. The van der Waals surface area contributed by atoms with Crippen molar-refractivity contribution in [3.8, 4) is 0 Å². The van der Waals surface area contributed by atoms with Crippen molar-refractivity contribution in [3.05, 3.63) is 94.3 Å². The number of thiazole rings is 1. The lowest BCUT2D eigenvalue weighted by Crippen LogP contribution is -2.18. The highest BCUT2D eigenvalue weighted by Gasteiger charge is 2.31. The van der Waals surface area contributed by atoms with Gasteiger partial charge in [0, 0.05) is 30.9 Å². The number of carboxylic acid groups (broad SMARTS) is 1. The van der Waals surface area contributed by atoms with Gasteiger partial charge in [-0.25, -0.2) is 23.5 Å². The Bertz CT molecular complexity index is 1610. The molecule has 0 bridgehead atoms. The van der Waals surface area contributed by atoms with E-state index in [4.69, 9.17) is 9.97 Å². The molecule has 2 heterocycles. The molecule has 0 saturated heterocycles. The summed E-state index contributed by atoms with van der Waals surface area (Å²) in [5.74, 6) is -2.62. The molecule has 0 unspecified atom stereocenters. The van der Waals surface area contributed by atoms with E-state index in [1.807, 2.05) is 22.8 Å². The van der Waals surface area contributed by atoms with Gasteiger partial charge in [-0.2, -0.15) is 0 Å². The van der Waals surface area contributed by atoms with E-state index < -0.39 is 11.9 Å². The van der Waals surface area contributed by atoms with E-state index >= 15 is 0 Å². The Labute approximate surface area is 222 Å². The fourth-order valence-electron chi connectivity index (χ4n) is 5.68. The summed E-state index contributed by atoms with van der Waals surface area (Å²) in [7, 11) is 0. The molecule has 6 rings (SSSR count). The third-order valence-corrected chi connectivity index (χ3v) is 8.79. The number of hydrogen-bond acceptors (Lipinski definition) is 4. The van der Waals surface area contributed by atoms with Crippen LogP contribution in [0.5, 0.6) is 0 Å². The minimum atomic E-state index is -2.97. The van der Waals surface area contributed by atoms with E-state index in [1.54, 1.807) is 47.7 Å². The van der Waals surface area contributed by atoms with Gasteiger partial charge >= 0.3 is 5.97 Å². The summed E-state index contributed by atoms with van der Waals surface area (Å²) in [5, 5.41) is 10.7. The molecule has 1 aliphatic carbocycles. The zero-order chi connectivity index (χ0) is 26.4. The highest BCUT2D eigenvalue weighted by molar-refractivity contribution is 7.18. The van der Waals surface area contributed by atoms with Crippen LogP contribution in [0.15, 0.2) is 66.7 Å². The first-order valence-corrected chi connectivity index (χ1v) is 13.6. The van der Waals surface area contributed by atoms with Crippen molar-refractivity contribution < 1.29 is 18.7 Å². The minimum absolute atomic E-state index is 0.00509. The summed E-state index contributed by atoms with van der Waals surface area (Å²) in [5.41, 5.74) is 3.06. The summed E-state index contributed by atoms with van der Waals surface area (Å²) >= 11 is 1.76. The first kappa shape index (κ1) is 24.7. The van der Waals surface area contributed by atoms with Crippen LogP contribution in [0.2, 0.25) is 0 Å². The Morgan fingerprint density at radius 2 is 1.68 bits per heavy atom. The lowest BCUT2D eigenvalue weighted by atomic mass is 9.82. The number of aromatic carboxylic acids is 1. The summed E-state index contributed by atoms with van der Waals surface area (Å²) in [4.78, 5) is 21.4. The highest BCUT2D eigenvalue weighted by atomic mass is 32.1. The maximum atomic E-state index is 14.4. The van der Waals surface area contributed by atoms with Crippen LogP contribution in [0.4, 0.5) is 8.78 Å². The molecule has 1 fully saturated rings. The van der Waals surface area contributed by atoms with Crippen LogP contribution in [0.3, 0.4) is 0 Å². The smallest absolute Gasteiger partial charge is 0.335 e. The molecule has 8 heteroatoms. The van der Waals surface area contributed by atoms with Gasteiger partial charge in [-0.3, -0.25) is 0 Å². The second-order valence-corrected chi connectivity index (χ2v) is 11.2. The molecule has 5 nitrogen and oxygen atoms in total. The maximum absolute atomic E-state index is 14.4. The molecule has 3 aromatic carbocycles. The van der Waals surface area contributed by atoms with Crippen LogP contribution in [0.1, 0.15) is 76.8 Å². The zero-order valence-electron chi connectivity index (χ0n) is 20.9. The van der Waals surface area contributed by atoms with Gasteiger partial charge in [-0.05, 0) is 61.6 Å². The van der Waals surface area contributed by atoms with Gasteiger partial charge in [0.2, 0.25) is 0 Å². The van der Waals surface area contributed by atoms with Crippen LogP contribution in [0, 0.1) is 0 Å². The number of carbonyl (C=O) groups is 1. The number of fused-ring (bicyclic) bond motifs is 2. The molecule has 1 saturated carbocycles. The van der Waals surface area contributed by atoms with Crippen molar-refractivity contribution in [2.24, 2.45) is 0 Å². The SMILES string of the molecule is CC(F)(F)c1ccccc1Cn1c(C2CCC(c3nc4ccccc4s3)CC2)nc2cc(C(=O)O)ccc21. The van der Waals surface area contributed by atoms with E-state index in [2.05, 4.69) is 6.07 Å². The van der Waals surface area contributed by atoms with Gasteiger partial charge in [-0.15, -0.1) is 11.3 Å². The number of rotatable bonds is 6. The summed E-state index contributed by atoms with van der Waals surface area (Å²) in [6.07, 6.45) is 3.75. The van der Waals surface area contributed by atoms with E-state index in [9.17, 15) is 18.7 Å². The van der Waals surface area contributed by atoms with E-state index in [-0.39, 0.29) is 23.6 Å². The van der Waals surface area contributed by atoms with Crippen molar-refractivity contribution in [2.45, 2.75) is 56.9 Å². The van der Waals surface area contributed by atoms with Crippen molar-refractivity contribution in [1.82, 2.24) is 14.5 Å². The first-order valence-electron chi connectivity index (χ1n) is 12.8.